The summed E-state index contributed by atoms with van der Waals surface area (Å²) in [5.74, 6) is 0.195. The maximum Gasteiger partial charge on any atom is 0.242 e. The Balaban J connectivity index is 1.55. The smallest absolute Gasteiger partial charge is 0.242 e. The Bertz CT molecular complexity index is 587. The molecule has 0 spiro atoms. The summed E-state index contributed by atoms with van der Waals surface area (Å²) in [5, 5.41) is 0. The Kier molecular flexibility index (Phi) is 5.91. The molecule has 25 heavy (non-hydrogen) atoms. The highest BCUT2D eigenvalue weighted by Gasteiger charge is 2.32. The number of benzene rings is 1. The van der Waals surface area contributed by atoms with Crippen molar-refractivity contribution < 1.29 is 14.3 Å². The maximum atomic E-state index is 12.7. The van der Waals surface area contributed by atoms with Gasteiger partial charge in [0.05, 0.1) is 25.7 Å². The Morgan fingerprint density at radius 2 is 1.84 bits per heavy atom. The second-order valence-corrected chi connectivity index (χ2v) is 6.81. The van der Waals surface area contributed by atoms with E-state index in [2.05, 4.69) is 0 Å². The lowest BCUT2D eigenvalue weighted by Crippen LogP contribution is -2.50. The number of ether oxygens (including phenoxy) is 1. The summed E-state index contributed by atoms with van der Waals surface area (Å²) in [6.45, 7) is 4.18. The first-order valence-corrected chi connectivity index (χ1v) is 9.05. The second kappa shape index (κ2) is 8.34. The number of anilines is 1. The molecule has 2 heterocycles. The Labute approximate surface area is 149 Å². The van der Waals surface area contributed by atoms with Crippen LogP contribution in [-0.4, -0.2) is 74.6 Å². The van der Waals surface area contributed by atoms with E-state index in [0.29, 0.717) is 39.4 Å². The van der Waals surface area contributed by atoms with Gasteiger partial charge in [-0.25, -0.2) is 0 Å². The van der Waals surface area contributed by atoms with E-state index in [1.165, 1.54) is 0 Å². The number of likely N-dealkylation sites (tertiary alicyclic amines) is 1. The van der Waals surface area contributed by atoms with E-state index < -0.39 is 0 Å². The van der Waals surface area contributed by atoms with Crippen LogP contribution in [0.2, 0.25) is 0 Å². The molecule has 1 aromatic carbocycles. The average Bonchev–Trinajstić information content (AvgIpc) is 2.68. The van der Waals surface area contributed by atoms with E-state index in [0.717, 1.165) is 25.1 Å². The summed E-state index contributed by atoms with van der Waals surface area (Å²) >= 11 is 0. The number of hydrogen-bond acceptors (Lipinski definition) is 4. The first kappa shape index (κ1) is 17.7. The molecule has 1 unspecified atom stereocenters. The molecule has 2 fully saturated rings. The molecule has 6 nitrogen and oxygen atoms in total. The van der Waals surface area contributed by atoms with Gasteiger partial charge in [-0.05, 0) is 25.0 Å². The molecule has 3 rings (SSSR count). The SMILES string of the molecule is CN(CC(=O)N1CCCC(C(=O)N2CCOCC2)C1)c1ccccc1. The molecule has 2 saturated heterocycles. The van der Waals surface area contributed by atoms with Crippen molar-refractivity contribution >= 4 is 17.5 Å². The molecule has 1 atom stereocenters. The van der Waals surface area contributed by atoms with Crippen molar-refractivity contribution in [1.82, 2.24) is 9.80 Å². The van der Waals surface area contributed by atoms with E-state index >= 15 is 0 Å². The van der Waals surface area contributed by atoms with Crippen LogP contribution in [0.4, 0.5) is 5.69 Å². The lowest BCUT2D eigenvalue weighted by atomic mass is 9.96. The third kappa shape index (κ3) is 4.51. The monoisotopic (exact) mass is 345 g/mol. The van der Waals surface area contributed by atoms with Crippen LogP contribution >= 0.6 is 0 Å². The predicted molar refractivity (Wildman–Crippen MR) is 96.4 cm³/mol. The van der Waals surface area contributed by atoms with Gasteiger partial charge in [-0.1, -0.05) is 18.2 Å². The van der Waals surface area contributed by atoms with Gasteiger partial charge in [0, 0.05) is 38.9 Å². The van der Waals surface area contributed by atoms with E-state index in [1.54, 1.807) is 0 Å². The highest BCUT2D eigenvalue weighted by atomic mass is 16.5. The zero-order valence-electron chi connectivity index (χ0n) is 14.9. The number of hydrogen-bond donors (Lipinski definition) is 0. The molecular weight excluding hydrogens is 318 g/mol. The molecular formula is C19H27N3O3. The van der Waals surface area contributed by atoms with Gasteiger partial charge in [0.2, 0.25) is 11.8 Å². The van der Waals surface area contributed by atoms with Gasteiger partial charge < -0.3 is 19.4 Å². The average molecular weight is 345 g/mol. The van der Waals surface area contributed by atoms with Gasteiger partial charge in [-0.3, -0.25) is 9.59 Å². The van der Waals surface area contributed by atoms with Crippen LogP contribution in [0.15, 0.2) is 30.3 Å². The number of piperidine rings is 1. The molecule has 0 aromatic heterocycles. The van der Waals surface area contributed by atoms with Crippen LogP contribution in [0, 0.1) is 5.92 Å². The van der Waals surface area contributed by atoms with Crippen LogP contribution in [0.1, 0.15) is 12.8 Å². The third-order valence-corrected chi connectivity index (χ3v) is 5.02. The lowest BCUT2D eigenvalue weighted by Gasteiger charge is -2.36. The number of carbonyl (C=O) groups is 2. The molecule has 2 amide bonds. The number of amides is 2. The minimum atomic E-state index is -0.0715. The van der Waals surface area contributed by atoms with E-state index in [-0.39, 0.29) is 17.7 Å². The minimum absolute atomic E-state index is 0.0715. The molecule has 1 aromatic rings. The topological polar surface area (TPSA) is 53.1 Å². The molecule has 0 bridgehead atoms. The van der Waals surface area contributed by atoms with Gasteiger partial charge in [-0.2, -0.15) is 0 Å². The number of likely N-dealkylation sites (N-methyl/N-ethyl adjacent to an activating group) is 1. The first-order chi connectivity index (χ1) is 12.1. The van der Waals surface area contributed by atoms with Gasteiger partial charge in [0.25, 0.3) is 0 Å². The van der Waals surface area contributed by atoms with E-state index in [1.807, 2.05) is 52.1 Å². The van der Waals surface area contributed by atoms with Crippen LogP contribution in [0.5, 0.6) is 0 Å². The number of para-hydroxylation sites is 1. The zero-order valence-corrected chi connectivity index (χ0v) is 14.9. The molecule has 0 saturated carbocycles. The third-order valence-electron chi connectivity index (χ3n) is 5.02. The number of nitrogens with zero attached hydrogens (tertiary/aromatic N) is 3. The largest absolute Gasteiger partial charge is 0.378 e. The quantitative estimate of drug-likeness (QED) is 0.823. The fourth-order valence-corrected chi connectivity index (χ4v) is 3.52. The maximum absolute atomic E-state index is 12.7. The fraction of sp³-hybridized carbons (Fsp3) is 0.579. The highest BCUT2D eigenvalue weighted by Crippen LogP contribution is 2.20. The van der Waals surface area contributed by atoms with Crippen molar-refractivity contribution in [2.75, 3.05) is 57.9 Å². The highest BCUT2D eigenvalue weighted by molar-refractivity contribution is 5.83. The molecule has 0 radical (unpaired) electrons. The lowest BCUT2D eigenvalue weighted by molar-refractivity contribution is -0.143. The summed E-state index contributed by atoms with van der Waals surface area (Å²) in [4.78, 5) is 31.0. The Morgan fingerprint density at radius 1 is 1.12 bits per heavy atom. The van der Waals surface area contributed by atoms with E-state index in [9.17, 15) is 9.59 Å². The van der Waals surface area contributed by atoms with Crippen molar-refractivity contribution in [3.63, 3.8) is 0 Å². The van der Waals surface area contributed by atoms with Crippen molar-refractivity contribution in [2.45, 2.75) is 12.8 Å². The van der Waals surface area contributed by atoms with Crippen molar-refractivity contribution in [3.05, 3.63) is 30.3 Å². The van der Waals surface area contributed by atoms with Crippen molar-refractivity contribution in [2.24, 2.45) is 5.92 Å². The number of carbonyl (C=O) groups excluding carboxylic acids is 2. The Hall–Kier alpha value is -2.08. The zero-order chi connectivity index (χ0) is 17.6. The summed E-state index contributed by atoms with van der Waals surface area (Å²) in [6.07, 6.45) is 1.76. The minimum Gasteiger partial charge on any atom is -0.378 e. The number of morpholine rings is 1. The summed E-state index contributed by atoms with van der Waals surface area (Å²) in [6, 6.07) is 9.89. The van der Waals surface area contributed by atoms with Crippen LogP contribution in [-0.2, 0) is 14.3 Å². The van der Waals surface area contributed by atoms with Gasteiger partial charge in [0.1, 0.15) is 0 Å². The standard InChI is InChI=1S/C19H27N3O3/c1-20(17-7-3-2-4-8-17)15-18(23)22-9-5-6-16(14-22)19(24)21-10-12-25-13-11-21/h2-4,7-8,16H,5-6,9-15H2,1H3. The summed E-state index contributed by atoms with van der Waals surface area (Å²) in [5.41, 5.74) is 1.02. The van der Waals surface area contributed by atoms with Crippen LogP contribution in [0.3, 0.4) is 0 Å². The number of rotatable bonds is 4. The molecule has 0 aliphatic carbocycles. The van der Waals surface area contributed by atoms with Gasteiger partial charge >= 0.3 is 0 Å². The molecule has 136 valence electrons. The van der Waals surface area contributed by atoms with Crippen LogP contribution in [0.25, 0.3) is 0 Å². The summed E-state index contributed by atoms with van der Waals surface area (Å²) < 4.78 is 5.32. The van der Waals surface area contributed by atoms with Crippen molar-refractivity contribution in [3.8, 4) is 0 Å². The fourth-order valence-electron chi connectivity index (χ4n) is 3.52. The molecule has 6 heteroatoms. The van der Waals surface area contributed by atoms with Crippen molar-refractivity contribution in [1.29, 1.82) is 0 Å². The van der Waals surface area contributed by atoms with Gasteiger partial charge in [-0.15, -0.1) is 0 Å². The van der Waals surface area contributed by atoms with Gasteiger partial charge in [0.15, 0.2) is 0 Å². The summed E-state index contributed by atoms with van der Waals surface area (Å²) in [7, 11) is 1.92. The van der Waals surface area contributed by atoms with E-state index in [4.69, 9.17) is 4.74 Å². The van der Waals surface area contributed by atoms with Crippen LogP contribution < -0.4 is 4.90 Å². The normalized spacial score (nSPS) is 21.1. The predicted octanol–water partition coefficient (Wildman–Crippen LogP) is 1.22. The molecule has 2 aliphatic heterocycles. The molecule has 0 N–H and O–H groups in total. The first-order valence-electron chi connectivity index (χ1n) is 9.05. The second-order valence-electron chi connectivity index (χ2n) is 6.81. The Morgan fingerprint density at radius 3 is 2.56 bits per heavy atom. The molecule has 2 aliphatic rings.